The maximum absolute atomic E-state index is 11.9. The summed E-state index contributed by atoms with van der Waals surface area (Å²) in [7, 11) is 3.99. The van der Waals surface area contributed by atoms with Crippen LogP contribution < -0.4 is 10.2 Å². The molecule has 0 aromatic heterocycles. The van der Waals surface area contributed by atoms with E-state index in [4.69, 9.17) is 0 Å². The summed E-state index contributed by atoms with van der Waals surface area (Å²) in [5, 5.41) is 3.11. The number of allylic oxidation sites excluding steroid dienone is 1. The Bertz CT molecular complexity index is 603. The number of nitrogens with one attached hydrogen (secondary N) is 1. The van der Waals surface area contributed by atoms with Gasteiger partial charge in [0.25, 0.3) is 0 Å². The van der Waals surface area contributed by atoms with Crippen LogP contribution in [0.15, 0.2) is 66.9 Å². The van der Waals surface area contributed by atoms with Crippen molar-refractivity contribution in [2.24, 2.45) is 0 Å². The topological polar surface area (TPSA) is 32.3 Å². The van der Waals surface area contributed by atoms with Gasteiger partial charge in [0.15, 0.2) is 5.78 Å². The molecule has 0 spiro atoms. The Morgan fingerprint density at radius 3 is 2.50 bits per heavy atom. The average Bonchev–Trinajstić information content (AvgIpc) is 2.48. The predicted octanol–water partition coefficient (Wildman–Crippen LogP) is 3.56. The highest BCUT2D eigenvalue weighted by Crippen LogP contribution is 2.17. The highest BCUT2D eigenvalue weighted by Gasteiger charge is 1.99. The third-order valence-electron chi connectivity index (χ3n) is 2.91. The van der Waals surface area contributed by atoms with Gasteiger partial charge in [-0.15, -0.1) is 0 Å². The van der Waals surface area contributed by atoms with Crippen molar-refractivity contribution in [1.82, 2.24) is 0 Å². The molecule has 3 heteroatoms. The van der Waals surface area contributed by atoms with Gasteiger partial charge in [0.05, 0.1) is 0 Å². The van der Waals surface area contributed by atoms with Crippen LogP contribution in [0.4, 0.5) is 11.4 Å². The lowest BCUT2D eigenvalue weighted by atomic mass is 10.1. The maximum Gasteiger partial charge on any atom is 0.187 e. The van der Waals surface area contributed by atoms with E-state index >= 15 is 0 Å². The van der Waals surface area contributed by atoms with E-state index < -0.39 is 0 Å². The van der Waals surface area contributed by atoms with Gasteiger partial charge in [0.1, 0.15) is 0 Å². The summed E-state index contributed by atoms with van der Waals surface area (Å²) < 4.78 is 0. The number of ketones is 1. The Balaban J connectivity index is 2.00. The molecule has 2 aromatic carbocycles. The first-order valence-electron chi connectivity index (χ1n) is 6.46. The van der Waals surface area contributed by atoms with Crippen molar-refractivity contribution in [3.05, 3.63) is 72.4 Å². The van der Waals surface area contributed by atoms with E-state index in [1.54, 1.807) is 18.3 Å². The van der Waals surface area contributed by atoms with Gasteiger partial charge in [0.2, 0.25) is 0 Å². The highest BCUT2D eigenvalue weighted by atomic mass is 16.1. The van der Waals surface area contributed by atoms with E-state index in [1.807, 2.05) is 61.5 Å². The first kappa shape index (κ1) is 13.9. The molecule has 0 heterocycles. The molecule has 0 radical (unpaired) electrons. The fraction of sp³-hybridized carbons (Fsp3) is 0.118. The van der Waals surface area contributed by atoms with Crippen LogP contribution in [0.1, 0.15) is 10.4 Å². The summed E-state index contributed by atoms with van der Waals surface area (Å²) >= 11 is 0. The first-order valence-corrected chi connectivity index (χ1v) is 6.46. The Morgan fingerprint density at radius 2 is 1.80 bits per heavy atom. The van der Waals surface area contributed by atoms with Crippen molar-refractivity contribution in [2.45, 2.75) is 0 Å². The number of carbonyl (C=O) groups excluding carboxylic acids is 1. The van der Waals surface area contributed by atoms with E-state index in [0.717, 1.165) is 11.4 Å². The number of anilines is 2. The molecule has 3 nitrogen and oxygen atoms in total. The number of nitrogens with zero attached hydrogens (tertiary/aromatic N) is 1. The number of benzene rings is 2. The van der Waals surface area contributed by atoms with Crippen molar-refractivity contribution < 1.29 is 4.79 Å². The summed E-state index contributed by atoms with van der Waals surface area (Å²) in [4.78, 5) is 13.9. The first-order chi connectivity index (χ1) is 9.66. The molecule has 0 saturated carbocycles. The molecule has 0 aliphatic carbocycles. The van der Waals surface area contributed by atoms with E-state index in [-0.39, 0.29) is 5.78 Å². The van der Waals surface area contributed by atoms with Gasteiger partial charge in [-0.2, -0.15) is 0 Å². The molecule has 0 aliphatic rings. The lowest BCUT2D eigenvalue weighted by Gasteiger charge is -2.13. The molecule has 0 atom stereocenters. The molecule has 102 valence electrons. The zero-order chi connectivity index (χ0) is 14.4. The van der Waals surface area contributed by atoms with Crippen LogP contribution in [0, 0.1) is 0 Å². The standard InChI is InChI=1S/C17H18N2O/c1-19(2)16-10-6-9-15(13-16)18-12-11-17(20)14-7-4-3-5-8-14/h3-13,18H,1-2H3/b12-11-. The van der Waals surface area contributed by atoms with Crippen LogP contribution in [0.2, 0.25) is 0 Å². The molecule has 0 unspecified atom stereocenters. The predicted molar refractivity (Wildman–Crippen MR) is 84.3 cm³/mol. The summed E-state index contributed by atoms with van der Waals surface area (Å²) in [6.45, 7) is 0. The molecular weight excluding hydrogens is 248 g/mol. The second kappa shape index (κ2) is 6.57. The van der Waals surface area contributed by atoms with Crippen LogP contribution in [0.5, 0.6) is 0 Å². The molecule has 0 saturated heterocycles. The minimum atomic E-state index is -0.0122. The fourth-order valence-electron chi connectivity index (χ4n) is 1.79. The maximum atomic E-state index is 11.9. The third kappa shape index (κ3) is 3.72. The number of carbonyl (C=O) groups is 1. The van der Waals surface area contributed by atoms with Crippen molar-refractivity contribution in [1.29, 1.82) is 0 Å². The second-order valence-corrected chi connectivity index (χ2v) is 4.65. The zero-order valence-electron chi connectivity index (χ0n) is 11.7. The van der Waals surface area contributed by atoms with Gasteiger partial charge in [0, 0.05) is 43.3 Å². The summed E-state index contributed by atoms with van der Waals surface area (Å²) in [5.74, 6) is -0.0122. The number of hydrogen-bond donors (Lipinski definition) is 1. The minimum Gasteiger partial charge on any atom is -0.378 e. The SMILES string of the molecule is CN(C)c1cccc(N/C=C\C(=O)c2ccccc2)c1. The molecule has 1 N–H and O–H groups in total. The minimum absolute atomic E-state index is 0.0122. The van der Waals surface area contributed by atoms with Crippen LogP contribution in [-0.4, -0.2) is 19.9 Å². The smallest absolute Gasteiger partial charge is 0.187 e. The van der Waals surface area contributed by atoms with Crippen LogP contribution >= 0.6 is 0 Å². The van der Waals surface area contributed by atoms with Crippen LogP contribution in [0.25, 0.3) is 0 Å². The van der Waals surface area contributed by atoms with Gasteiger partial charge >= 0.3 is 0 Å². The van der Waals surface area contributed by atoms with E-state index in [0.29, 0.717) is 5.56 Å². The third-order valence-corrected chi connectivity index (χ3v) is 2.91. The van der Waals surface area contributed by atoms with E-state index in [2.05, 4.69) is 5.32 Å². The van der Waals surface area contributed by atoms with Crippen molar-refractivity contribution in [3.8, 4) is 0 Å². The molecule has 0 amide bonds. The van der Waals surface area contributed by atoms with Crippen molar-refractivity contribution in [2.75, 3.05) is 24.3 Å². The van der Waals surface area contributed by atoms with Crippen molar-refractivity contribution in [3.63, 3.8) is 0 Å². The van der Waals surface area contributed by atoms with Crippen molar-refractivity contribution >= 4 is 17.2 Å². The highest BCUT2D eigenvalue weighted by molar-refractivity contribution is 6.04. The van der Waals surface area contributed by atoms with Gasteiger partial charge < -0.3 is 10.2 Å². The Kier molecular flexibility index (Phi) is 4.56. The Hall–Kier alpha value is -2.55. The van der Waals surface area contributed by atoms with Gasteiger partial charge in [-0.05, 0) is 18.2 Å². The van der Waals surface area contributed by atoms with E-state index in [1.165, 1.54) is 6.08 Å². The van der Waals surface area contributed by atoms with Gasteiger partial charge in [-0.1, -0.05) is 36.4 Å². The average molecular weight is 266 g/mol. The lowest BCUT2D eigenvalue weighted by Crippen LogP contribution is -2.08. The van der Waals surface area contributed by atoms with Gasteiger partial charge in [-0.3, -0.25) is 4.79 Å². The molecular formula is C17H18N2O. The molecule has 20 heavy (non-hydrogen) atoms. The summed E-state index contributed by atoms with van der Waals surface area (Å²) in [5.41, 5.74) is 2.75. The van der Waals surface area contributed by atoms with Crippen LogP contribution in [0.3, 0.4) is 0 Å². The number of rotatable bonds is 5. The Labute approximate surface area is 119 Å². The summed E-state index contributed by atoms with van der Waals surface area (Å²) in [6, 6.07) is 17.2. The molecule has 2 rings (SSSR count). The quantitative estimate of drug-likeness (QED) is 0.663. The molecule has 0 aliphatic heterocycles. The molecule has 0 bridgehead atoms. The number of hydrogen-bond acceptors (Lipinski definition) is 3. The van der Waals surface area contributed by atoms with Crippen LogP contribution in [-0.2, 0) is 0 Å². The Morgan fingerprint density at radius 1 is 1.05 bits per heavy atom. The largest absolute Gasteiger partial charge is 0.378 e. The second-order valence-electron chi connectivity index (χ2n) is 4.65. The lowest BCUT2D eigenvalue weighted by molar-refractivity contribution is 0.104. The van der Waals surface area contributed by atoms with E-state index in [9.17, 15) is 4.79 Å². The molecule has 0 fully saturated rings. The normalized spacial score (nSPS) is 10.5. The molecule has 2 aromatic rings. The summed E-state index contributed by atoms with van der Waals surface area (Å²) in [6.07, 6.45) is 3.21. The zero-order valence-corrected chi connectivity index (χ0v) is 11.7. The van der Waals surface area contributed by atoms with Gasteiger partial charge in [-0.25, -0.2) is 0 Å². The monoisotopic (exact) mass is 266 g/mol. The fourth-order valence-corrected chi connectivity index (χ4v) is 1.79.